The molecule has 0 aromatic carbocycles. The SMILES string of the molecule is CC(C)(C)C1CN(CCC2CCCO2)C(C)(C2CC2)CN1. The molecule has 2 saturated heterocycles. The molecule has 3 heteroatoms. The van der Waals surface area contributed by atoms with Crippen LogP contribution in [0, 0.1) is 11.3 Å². The predicted octanol–water partition coefficient (Wildman–Crippen LogP) is 3.04. The highest BCUT2D eigenvalue weighted by atomic mass is 16.5. The quantitative estimate of drug-likeness (QED) is 0.862. The second kappa shape index (κ2) is 5.82. The molecule has 0 radical (unpaired) electrons. The summed E-state index contributed by atoms with van der Waals surface area (Å²) in [6.07, 6.45) is 7.13. The predicted molar refractivity (Wildman–Crippen MR) is 87.5 cm³/mol. The van der Waals surface area contributed by atoms with Crippen LogP contribution in [0.2, 0.25) is 0 Å². The summed E-state index contributed by atoms with van der Waals surface area (Å²) in [7, 11) is 0. The molecule has 0 spiro atoms. The Balaban J connectivity index is 1.64. The van der Waals surface area contributed by atoms with Gasteiger partial charge in [0.1, 0.15) is 0 Å². The Labute approximate surface area is 130 Å². The highest BCUT2D eigenvalue weighted by Crippen LogP contribution is 2.45. The topological polar surface area (TPSA) is 24.5 Å². The molecule has 1 N–H and O–H groups in total. The average molecular weight is 294 g/mol. The molecule has 0 aromatic rings. The van der Waals surface area contributed by atoms with Crippen LogP contribution in [-0.2, 0) is 4.74 Å². The van der Waals surface area contributed by atoms with Crippen LogP contribution in [0.5, 0.6) is 0 Å². The monoisotopic (exact) mass is 294 g/mol. The van der Waals surface area contributed by atoms with Crippen molar-refractivity contribution in [2.75, 3.05) is 26.2 Å². The molecule has 1 aliphatic carbocycles. The maximum absolute atomic E-state index is 5.84. The number of rotatable bonds is 4. The zero-order chi connectivity index (χ0) is 15.1. The van der Waals surface area contributed by atoms with Gasteiger partial charge in [0.15, 0.2) is 0 Å². The van der Waals surface area contributed by atoms with Crippen molar-refractivity contribution in [3.05, 3.63) is 0 Å². The highest BCUT2D eigenvalue weighted by Gasteiger charge is 2.49. The molecule has 2 aliphatic heterocycles. The zero-order valence-electron chi connectivity index (χ0n) is 14.5. The first-order valence-corrected chi connectivity index (χ1v) is 8.99. The van der Waals surface area contributed by atoms with Crippen LogP contribution in [0.4, 0.5) is 0 Å². The fourth-order valence-electron chi connectivity index (χ4n) is 4.14. The van der Waals surface area contributed by atoms with E-state index in [4.69, 9.17) is 4.74 Å². The van der Waals surface area contributed by atoms with E-state index in [0.29, 0.717) is 23.1 Å². The summed E-state index contributed by atoms with van der Waals surface area (Å²) in [6.45, 7) is 14.1. The Hall–Kier alpha value is -0.120. The molecular weight excluding hydrogens is 260 g/mol. The molecular formula is C18H34N2O. The van der Waals surface area contributed by atoms with Crippen molar-refractivity contribution >= 4 is 0 Å². The molecule has 3 atom stereocenters. The second-order valence-electron chi connectivity index (χ2n) is 8.80. The van der Waals surface area contributed by atoms with Crippen molar-refractivity contribution in [3.8, 4) is 0 Å². The van der Waals surface area contributed by atoms with Gasteiger partial charge in [0, 0.05) is 37.8 Å². The largest absolute Gasteiger partial charge is 0.378 e. The van der Waals surface area contributed by atoms with Gasteiger partial charge in [-0.15, -0.1) is 0 Å². The lowest BCUT2D eigenvalue weighted by atomic mass is 9.81. The first-order chi connectivity index (χ1) is 9.89. The lowest BCUT2D eigenvalue weighted by Gasteiger charge is -2.52. The Morgan fingerprint density at radius 3 is 2.57 bits per heavy atom. The van der Waals surface area contributed by atoms with Crippen LogP contribution in [0.3, 0.4) is 0 Å². The van der Waals surface area contributed by atoms with E-state index in [0.717, 1.165) is 19.1 Å². The van der Waals surface area contributed by atoms with Crippen LogP contribution in [0.15, 0.2) is 0 Å². The van der Waals surface area contributed by atoms with Gasteiger partial charge in [-0.25, -0.2) is 0 Å². The van der Waals surface area contributed by atoms with E-state index in [9.17, 15) is 0 Å². The maximum Gasteiger partial charge on any atom is 0.0588 e. The molecule has 21 heavy (non-hydrogen) atoms. The molecule has 0 aromatic heterocycles. The summed E-state index contributed by atoms with van der Waals surface area (Å²) < 4.78 is 5.84. The minimum atomic E-state index is 0.340. The maximum atomic E-state index is 5.84. The van der Waals surface area contributed by atoms with Gasteiger partial charge in [0.2, 0.25) is 0 Å². The van der Waals surface area contributed by atoms with E-state index in [-0.39, 0.29) is 0 Å². The number of nitrogens with one attached hydrogen (secondary N) is 1. The molecule has 1 saturated carbocycles. The number of piperazine rings is 1. The molecule has 0 bridgehead atoms. The van der Waals surface area contributed by atoms with Crippen LogP contribution in [-0.4, -0.2) is 48.8 Å². The van der Waals surface area contributed by atoms with E-state index in [1.54, 1.807) is 0 Å². The van der Waals surface area contributed by atoms with Gasteiger partial charge >= 0.3 is 0 Å². The van der Waals surface area contributed by atoms with E-state index in [2.05, 4.69) is 37.9 Å². The summed E-state index contributed by atoms with van der Waals surface area (Å²) in [6, 6.07) is 0.605. The Bertz CT molecular complexity index is 355. The van der Waals surface area contributed by atoms with Crippen LogP contribution >= 0.6 is 0 Å². The third kappa shape index (κ3) is 3.46. The molecule has 2 heterocycles. The lowest BCUT2D eigenvalue weighted by Crippen LogP contribution is -2.67. The van der Waals surface area contributed by atoms with E-state index < -0.39 is 0 Å². The second-order valence-corrected chi connectivity index (χ2v) is 8.80. The minimum Gasteiger partial charge on any atom is -0.378 e. The fraction of sp³-hybridized carbons (Fsp3) is 1.00. The summed E-state index contributed by atoms with van der Waals surface area (Å²) in [4.78, 5) is 2.80. The minimum absolute atomic E-state index is 0.340. The number of hydrogen-bond acceptors (Lipinski definition) is 3. The Kier molecular flexibility index (Phi) is 4.37. The van der Waals surface area contributed by atoms with Crippen LogP contribution in [0.25, 0.3) is 0 Å². The third-order valence-electron chi connectivity index (χ3n) is 6.08. The number of ether oxygens (including phenoxy) is 1. The highest BCUT2D eigenvalue weighted by molar-refractivity contribution is 5.06. The van der Waals surface area contributed by atoms with Gasteiger partial charge in [-0.2, -0.15) is 0 Å². The summed E-state index contributed by atoms with van der Waals surface area (Å²) >= 11 is 0. The lowest BCUT2D eigenvalue weighted by molar-refractivity contribution is -0.00206. The van der Waals surface area contributed by atoms with Crippen molar-refractivity contribution in [2.45, 2.75) is 77.5 Å². The van der Waals surface area contributed by atoms with Crippen molar-refractivity contribution in [2.24, 2.45) is 11.3 Å². The standard InChI is InChI=1S/C18H34N2O/c1-17(2,3)16-12-20(10-9-15-6-5-11-21-15)18(4,13-19-16)14-7-8-14/h14-16,19H,5-13H2,1-4H3. The van der Waals surface area contributed by atoms with Crippen molar-refractivity contribution in [1.29, 1.82) is 0 Å². The van der Waals surface area contributed by atoms with Gasteiger partial charge in [-0.1, -0.05) is 20.8 Å². The van der Waals surface area contributed by atoms with Crippen LogP contribution in [0.1, 0.15) is 59.8 Å². The normalized spacial score (nSPS) is 38.9. The first-order valence-electron chi connectivity index (χ1n) is 8.99. The summed E-state index contributed by atoms with van der Waals surface area (Å²) in [5, 5.41) is 3.86. The van der Waals surface area contributed by atoms with Gasteiger partial charge in [-0.05, 0) is 50.4 Å². The van der Waals surface area contributed by atoms with Crippen LogP contribution < -0.4 is 5.32 Å². The molecule has 3 aliphatic rings. The molecule has 3 nitrogen and oxygen atoms in total. The molecule has 3 unspecified atom stereocenters. The smallest absolute Gasteiger partial charge is 0.0588 e. The van der Waals surface area contributed by atoms with Gasteiger partial charge in [-0.3, -0.25) is 4.90 Å². The van der Waals surface area contributed by atoms with E-state index >= 15 is 0 Å². The zero-order valence-corrected chi connectivity index (χ0v) is 14.5. The summed E-state index contributed by atoms with van der Waals surface area (Å²) in [5.74, 6) is 0.912. The van der Waals surface area contributed by atoms with Gasteiger partial charge in [0.25, 0.3) is 0 Å². The molecule has 3 rings (SSSR count). The molecule has 122 valence electrons. The van der Waals surface area contributed by atoms with Crippen molar-refractivity contribution < 1.29 is 4.74 Å². The third-order valence-corrected chi connectivity index (χ3v) is 6.08. The summed E-state index contributed by atoms with van der Waals surface area (Å²) in [5.41, 5.74) is 0.716. The average Bonchev–Trinajstić information content (AvgIpc) is 3.15. The number of hydrogen-bond donors (Lipinski definition) is 1. The van der Waals surface area contributed by atoms with Gasteiger partial charge in [0.05, 0.1) is 6.10 Å². The Morgan fingerprint density at radius 1 is 1.24 bits per heavy atom. The fourth-order valence-corrected chi connectivity index (χ4v) is 4.14. The molecule has 0 amide bonds. The Morgan fingerprint density at radius 2 is 2.00 bits per heavy atom. The van der Waals surface area contributed by atoms with Crippen molar-refractivity contribution in [3.63, 3.8) is 0 Å². The number of nitrogens with zero attached hydrogens (tertiary/aromatic N) is 1. The molecule has 3 fully saturated rings. The van der Waals surface area contributed by atoms with E-state index in [1.807, 2.05) is 0 Å². The van der Waals surface area contributed by atoms with Gasteiger partial charge < -0.3 is 10.1 Å². The van der Waals surface area contributed by atoms with Crippen molar-refractivity contribution in [1.82, 2.24) is 10.2 Å². The first kappa shape index (κ1) is 15.8. The van der Waals surface area contributed by atoms with E-state index in [1.165, 1.54) is 45.2 Å².